The number of allylic oxidation sites excluding steroid dienone is 1. The van der Waals surface area contributed by atoms with E-state index in [1.54, 1.807) is 0 Å². The molecule has 94 valence electrons. The highest BCUT2D eigenvalue weighted by Crippen LogP contribution is 2.25. The Hall–Kier alpha value is -1.22. The zero-order chi connectivity index (χ0) is 12.7. The van der Waals surface area contributed by atoms with Crippen molar-refractivity contribution in [1.29, 1.82) is 0 Å². The van der Waals surface area contributed by atoms with Crippen molar-refractivity contribution in [2.24, 2.45) is 0 Å². The van der Waals surface area contributed by atoms with Gasteiger partial charge < -0.3 is 5.32 Å². The normalized spacial score (nSPS) is 12.4. The van der Waals surface area contributed by atoms with Gasteiger partial charge in [0, 0.05) is 11.6 Å². The molecule has 0 aromatic heterocycles. The van der Waals surface area contributed by atoms with Gasteiger partial charge in [0.05, 0.1) is 0 Å². The molecular weight excluding hydrogens is 220 g/mol. The average molecular weight is 239 g/mol. The molecule has 0 aliphatic carbocycles. The summed E-state index contributed by atoms with van der Waals surface area (Å²) < 4.78 is 27.3. The standard InChI is InChI=1S/C14H19F2N/c1-3-5-6-10-13(17-4-2)14-11(15)8-7-9-12(14)16/h3,7-9,13,17H,1,4-6,10H2,2H3. The molecule has 0 amide bonds. The second-order valence-electron chi connectivity index (χ2n) is 3.97. The predicted molar refractivity (Wildman–Crippen MR) is 66.8 cm³/mol. The molecule has 1 atom stereocenters. The molecule has 1 N–H and O–H groups in total. The molecule has 0 spiro atoms. The molecule has 0 radical (unpaired) electrons. The number of hydrogen-bond acceptors (Lipinski definition) is 1. The van der Waals surface area contributed by atoms with Crippen LogP contribution in [0.25, 0.3) is 0 Å². The fourth-order valence-electron chi connectivity index (χ4n) is 1.90. The number of hydrogen-bond donors (Lipinski definition) is 1. The largest absolute Gasteiger partial charge is 0.310 e. The molecule has 1 aromatic rings. The second kappa shape index (κ2) is 7.17. The first-order chi connectivity index (χ1) is 8.20. The van der Waals surface area contributed by atoms with E-state index < -0.39 is 11.6 Å². The Morgan fingerprint density at radius 2 is 2.00 bits per heavy atom. The Kier molecular flexibility index (Phi) is 5.84. The molecule has 3 heteroatoms. The number of unbranched alkanes of at least 4 members (excludes halogenated alkanes) is 1. The molecule has 1 nitrogen and oxygen atoms in total. The molecule has 1 aromatic carbocycles. The summed E-state index contributed by atoms with van der Waals surface area (Å²) in [4.78, 5) is 0. The van der Waals surface area contributed by atoms with E-state index in [2.05, 4.69) is 11.9 Å². The van der Waals surface area contributed by atoms with Gasteiger partial charge in [-0.3, -0.25) is 0 Å². The van der Waals surface area contributed by atoms with E-state index in [4.69, 9.17) is 0 Å². The number of benzene rings is 1. The highest BCUT2D eigenvalue weighted by Gasteiger charge is 2.18. The zero-order valence-corrected chi connectivity index (χ0v) is 10.2. The summed E-state index contributed by atoms with van der Waals surface area (Å²) in [6.45, 7) is 6.26. The van der Waals surface area contributed by atoms with Gasteiger partial charge in [-0.2, -0.15) is 0 Å². The molecule has 0 saturated carbocycles. The third kappa shape index (κ3) is 3.93. The SMILES string of the molecule is C=CCCCC(NCC)c1c(F)cccc1F. The summed E-state index contributed by atoms with van der Waals surface area (Å²) in [6, 6.07) is 3.73. The first-order valence-corrected chi connectivity index (χ1v) is 5.98. The van der Waals surface area contributed by atoms with Crippen LogP contribution in [0.4, 0.5) is 8.78 Å². The van der Waals surface area contributed by atoms with Crippen LogP contribution in [0.2, 0.25) is 0 Å². The summed E-state index contributed by atoms with van der Waals surface area (Å²) >= 11 is 0. The minimum Gasteiger partial charge on any atom is -0.310 e. The van der Waals surface area contributed by atoms with Crippen molar-refractivity contribution < 1.29 is 8.78 Å². The van der Waals surface area contributed by atoms with Crippen LogP contribution in [0.1, 0.15) is 37.8 Å². The maximum atomic E-state index is 13.6. The molecule has 0 fully saturated rings. The van der Waals surface area contributed by atoms with Gasteiger partial charge >= 0.3 is 0 Å². The van der Waals surface area contributed by atoms with Crippen LogP contribution in [-0.4, -0.2) is 6.54 Å². The van der Waals surface area contributed by atoms with E-state index in [0.717, 1.165) is 12.8 Å². The van der Waals surface area contributed by atoms with Gasteiger partial charge in [0.2, 0.25) is 0 Å². The van der Waals surface area contributed by atoms with Crippen molar-refractivity contribution in [3.05, 3.63) is 48.1 Å². The maximum Gasteiger partial charge on any atom is 0.130 e. The lowest BCUT2D eigenvalue weighted by Gasteiger charge is -2.19. The lowest BCUT2D eigenvalue weighted by atomic mass is 9.99. The summed E-state index contributed by atoms with van der Waals surface area (Å²) in [6.07, 6.45) is 4.26. The smallest absolute Gasteiger partial charge is 0.130 e. The van der Waals surface area contributed by atoms with Crippen LogP contribution >= 0.6 is 0 Å². The Balaban J connectivity index is 2.84. The van der Waals surface area contributed by atoms with Gasteiger partial charge in [0.15, 0.2) is 0 Å². The van der Waals surface area contributed by atoms with Crippen LogP contribution in [0.15, 0.2) is 30.9 Å². The molecule has 0 saturated heterocycles. The van der Waals surface area contributed by atoms with Gasteiger partial charge in [-0.05, 0) is 37.9 Å². The predicted octanol–water partition coefficient (Wildman–Crippen LogP) is 3.97. The van der Waals surface area contributed by atoms with E-state index >= 15 is 0 Å². The lowest BCUT2D eigenvalue weighted by molar-refractivity contribution is 0.446. The van der Waals surface area contributed by atoms with Crippen LogP contribution in [0.5, 0.6) is 0 Å². The van der Waals surface area contributed by atoms with E-state index in [-0.39, 0.29) is 11.6 Å². The highest BCUT2D eigenvalue weighted by atomic mass is 19.1. The average Bonchev–Trinajstić information content (AvgIpc) is 2.29. The Morgan fingerprint density at radius 3 is 2.53 bits per heavy atom. The summed E-state index contributed by atoms with van der Waals surface area (Å²) in [5.74, 6) is -0.955. The molecule has 0 heterocycles. The van der Waals surface area contributed by atoms with Crippen molar-refractivity contribution in [2.45, 2.75) is 32.2 Å². The van der Waals surface area contributed by atoms with Crippen molar-refractivity contribution in [1.82, 2.24) is 5.32 Å². The van der Waals surface area contributed by atoms with E-state index in [0.29, 0.717) is 13.0 Å². The summed E-state index contributed by atoms with van der Waals surface area (Å²) in [5, 5.41) is 3.13. The first-order valence-electron chi connectivity index (χ1n) is 5.98. The third-order valence-electron chi connectivity index (χ3n) is 2.70. The van der Waals surface area contributed by atoms with Crippen molar-refractivity contribution in [3.63, 3.8) is 0 Å². The summed E-state index contributed by atoms with van der Waals surface area (Å²) in [7, 11) is 0. The van der Waals surface area contributed by atoms with Crippen LogP contribution in [0.3, 0.4) is 0 Å². The van der Waals surface area contributed by atoms with Crippen LogP contribution in [-0.2, 0) is 0 Å². The van der Waals surface area contributed by atoms with Gasteiger partial charge in [0.25, 0.3) is 0 Å². The van der Waals surface area contributed by atoms with Crippen molar-refractivity contribution in [3.8, 4) is 0 Å². The fourth-order valence-corrected chi connectivity index (χ4v) is 1.90. The quantitative estimate of drug-likeness (QED) is 0.560. The van der Waals surface area contributed by atoms with Crippen LogP contribution in [0, 0.1) is 11.6 Å². The zero-order valence-electron chi connectivity index (χ0n) is 10.2. The molecule has 0 aliphatic rings. The first kappa shape index (κ1) is 13.8. The van der Waals surface area contributed by atoms with Gasteiger partial charge in [0.1, 0.15) is 11.6 Å². The molecule has 1 unspecified atom stereocenters. The molecular formula is C14H19F2N. The molecule has 17 heavy (non-hydrogen) atoms. The Labute approximate surface area is 102 Å². The van der Waals surface area contributed by atoms with Crippen molar-refractivity contribution >= 4 is 0 Å². The molecule has 0 aliphatic heterocycles. The minimum absolute atomic E-state index is 0.151. The number of halogens is 2. The molecule has 1 rings (SSSR count). The van der Waals surface area contributed by atoms with E-state index in [1.165, 1.54) is 18.2 Å². The molecule has 0 bridgehead atoms. The topological polar surface area (TPSA) is 12.0 Å². The maximum absolute atomic E-state index is 13.6. The van der Waals surface area contributed by atoms with Gasteiger partial charge in [-0.25, -0.2) is 8.78 Å². The minimum atomic E-state index is -0.477. The van der Waals surface area contributed by atoms with Gasteiger partial charge in [-0.15, -0.1) is 6.58 Å². The van der Waals surface area contributed by atoms with Crippen molar-refractivity contribution in [2.75, 3.05) is 6.54 Å². The Bertz CT molecular complexity index is 343. The van der Waals surface area contributed by atoms with E-state index in [1.807, 2.05) is 13.0 Å². The lowest BCUT2D eigenvalue weighted by Crippen LogP contribution is -2.23. The Morgan fingerprint density at radius 1 is 1.35 bits per heavy atom. The fraction of sp³-hybridized carbons (Fsp3) is 0.429. The van der Waals surface area contributed by atoms with Crippen LogP contribution < -0.4 is 5.32 Å². The number of nitrogens with one attached hydrogen (secondary N) is 1. The highest BCUT2D eigenvalue weighted by molar-refractivity contribution is 5.23. The van der Waals surface area contributed by atoms with Gasteiger partial charge in [-0.1, -0.05) is 19.1 Å². The monoisotopic (exact) mass is 239 g/mol. The third-order valence-corrected chi connectivity index (χ3v) is 2.70. The second-order valence-corrected chi connectivity index (χ2v) is 3.97. The van der Waals surface area contributed by atoms with E-state index in [9.17, 15) is 8.78 Å². The number of rotatable bonds is 7. The summed E-state index contributed by atoms with van der Waals surface area (Å²) in [5.41, 5.74) is 0.151.